The monoisotopic (exact) mass is 311 g/mol. The summed E-state index contributed by atoms with van der Waals surface area (Å²) < 4.78 is 0. The van der Waals surface area contributed by atoms with Gasteiger partial charge in [-0.15, -0.1) is 0 Å². The summed E-state index contributed by atoms with van der Waals surface area (Å²) in [6, 6.07) is 0.833. The van der Waals surface area contributed by atoms with E-state index in [0.29, 0.717) is 5.92 Å². The van der Waals surface area contributed by atoms with Crippen LogP contribution in [0.25, 0.3) is 11.5 Å². The van der Waals surface area contributed by atoms with E-state index in [1.54, 1.807) is 18.6 Å². The Bertz CT molecular complexity index is 618. The lowest BCUT2D eigenvalue weighted by Gasteiger charge is -2.31. The summed E-state index contributed by atoms with van der Waals surface area (Å²) in [5, 5.41) is 0. The van der Waals surface area contributed by atoms with Crippen LogP contribution in [-0.2, 0) is 6.42 Å². The van der Waals surface area contributed by atoms with E-state index in [0.717, 1.165) is 29.7 Å². The Morgan fingerprint density at radius 2 is 1.87 bits per heavy atom. The standard InChI is InChI=1S/C18H25N5/c1-2-4-15(5-3-1)23-11-6-14(13-23)12-16-17(20-8-7-19-16)18-21-9-10-22-18/h7-10,14-15H,1-6,11-13H2,(H,21,22). The predicted octanol–water partition coefficient (Wildman–Crippen LogP) is 3.06. The highest BCUT2D eigenvalue weighted by Gasteiger charge is 2.30. The Kier molecular flexibility index (Phi) is 4.37. The maximum Gasteiger partial charge on any atom is 0.157 e. The average molecular weight is 311 g/mol. The van der Waals surface area contributed by atoms with Gasteiger partial charge >= 0.3 is 0 Å². The van der Waals surface area contributed by atoms with Crippen molar-refractivity contribution in [3.8, 4) is 11.5 Å². The molecule has 1 saturated heterocycles. The van der Waals surface area contributed by atoms with Crippen molar-refractivity contribution in [2.75, 3.05) is 13.1 Å². The number of hydrogen-bond acceptors (Lipinski definition) is 4. The highest BCUT2D eigenvalue weighted by atomic mass is 15.2. The van der Waals surface area contributed by atoms with Crippen LogP contribution in [-0.4, -0.2) is 44.0 Å². The molecule has 1 unspecified atom stereocenters. The van der Waals surface area contributed by atoms with E-state index in [2.05, 4.69) is 24.8 Å². The molecule has 0 aromatic carbocycles. The van der Waals surface area contributed by atoms with E-state index in [1.807, 2.05) is 6.20 Å². The second-order valence-corrected chi connectivity index (χ2v) is 6.94. The van der Waals surface area contributed by atoms with E-state index in [9.17, 15) is 0 Å². The van der Waals surface area contributed by atoms with Crippen LogP contribution in [0.1, 0.15) is 44.2 Å². The Hall–Kier alpha value is -1.75. The van der Waals surface area contributed by atoms with Crippen LogP contribution in [0, 0.1) is 5.92 Å². The molecular weight excluding hydrogens is 286 g/mol. The van der Waals surface area contributed by atoms with Gasteiger partial charge in [0.1, 0.15) is 5.69 Å². The zero-order valence-corrected chi connectivity index (χ0v) is 13.6. The number of aromatic nitrogens is 4. The topological polar surface area (TPSA) is 57.7 Å². The summed E-state index contributed by atoms with van der Waals surface area (Å²) in [5.41, 5.74) is 1.99. The SMILES string of the molecule is c1c[nH]c(-c2nccnc2CC2CCN(C3CCCCC3)C2)n1. The molecule has 1 saturated carbocycles. The van der Waals surface area contributed by atoms with Crippen molar-refractivity contribution in [1.29, 1.82) is 0 Å². The summed E-state index contributed by atoms with van der Waals surface area (Å²) in [5.74, 6) is 1.53. The summed E-state index contributed by atoms with van der Waals surface area (Å²) >= 11 is 0. The van der Waals surface area contributed by atoms with Gasteiger partial charge in [0.15, 0.2) is 5.82 Å². The number of hydrogen-bond donors (Lipinski definition) is 1. The van der Waals surface area contributed by atoms with Crippen LogP contribution in [0.4, 0.5) is 0 Å². The fourth-order valence-electron chi connectivity index (χ4n) is 4.19. The predicted molar refractivity (Wildman–Crippen MR) is 89.9 cm³/mol. The van der Waals surface area contributed by atoms with Crippen molar-refractivity contribution in [2.45, 2.75) is 51.0 Å². The molecule has 5 nitrogen and oxygen atoms in total. The third-order valence-corrected chi connectivity index (χ3v) is 5.39. The van der Waals surface area contributed by atoms with Crippen LogP contribution in [0.3, 0.4) is 0 Å². The lowest BCUT2D eigenvalue weighted by molar-refractivity contribution is 0.185. The van der Waals surface area contributed by atoms with Crippen molar-refractivity contribution in [2.24, 2.45) is 5.92 Å². The average Bonchev–Trinajstić information content (AvgIpc) is 3.28. The number of rotatable bonds is 4. The Morgan fingerprint density at radius 3 is 2.70 bits per heavy atom. The molecule has 3 heterocycles. The molecule has 1 aliphatic carbocycles. The van der Waals surface area contributed by atoms with E-state index >= 15 is 0 Å². The third-order valence-electron chi connectivity index (χ3n) is 5.39. The highest BCUT2D eigenvalue weighted by Crippen LogP contribution is 2.30. The van der Waals surface area contributed by atoms with Gasteiger partial charge < -0.3 is 9.88 Å². The van der Waals surface area contributed by atoms with Crippen LogP contribution < -0.4 is 0 Å². The second kappa shape index (κ2) is 6.79. The minimum absolute atomic E-state index is 0.697. The first-order valence-corrected chi connectivity index (χ1v) is 8.94. The molecular formula is C18H25N5. The van der Waals surface area contributed by atoms with Gasteiger partial charge in [0, 0.05) is 37.4 Å². The zero-order chi connectivity index (χ0) is 15.5. The van der Waals surface area contributed by atoms with E-state index in [-0.39, 0.29) is 0 Å². The number of aromatic amines is 1. The number of nitrogens with one attached hydrogen (secondary N) is 1. The number of nitrogens with zero attached hydrogens (tertiary/aromatic N) is 4. The maximum absolute atomic E-state index is 4.59. The van der Waals surface area contributed by atoms with Gasteiger partial charge in [-0.1, -0.05) is 19.3 Å². The minimum atomic E-state index is 0.697. The van der Waals surface area contributed by atoms with E-state index in [4.69, 9.17) is 0 Å². The third kappa shape index (κ3) is 3.29. The molecule has 0 spiro atoms. The normalized spacial score (nSPS) is 23.4. The highest BCUT2D eigenvalue weighted by molar-refractivity contribution is 5.51. The summed E-state index contributed by atoms with van der Waals surface area (Å²) in [7, 11) is 0. The lowest BCUT2D eigenvalue weighted by atomic mass is 9.94. The van der Waals surface area contributed by atoms with Gasteiger partial charge in [0.2, 0.25) is 0 Å². The molecule has 2 fully saturated rings. The van der Waals surface area contributed by atoms with Crippen LogP contribution >= 0.6 is 0 Å². The van der Waals surface area contributed by atoms with Crippen molar-refractivity contribution in [3.05, 3.63) is 30.5 Å². The molecule has 2 aromatic rings. The molecule has 4 rings (SSSR count). The van der Waals surface area contributed by atoms with Crippen molar-refractivity contribution < 1.29 is 0 Å². The lowest BCUT2D eigenvalue weighted by Crippen LogP contribution is -2.35. The van der Waals surface area contributed by atoms with Gasteiger partial charge in [-0.25, -0.2) is 9.97 Å². The van der Waals surface area contributed by atoms with Gasteiger partial charge in [0.25, 0.3) is 0 Å². The Labute approximate surface area is 137 Å². The van der Waals surface area contributed by atoms with Crippen LogP contribution in [0.5, 0.6) is 0 Å². The minimum Gasteiger partial charge on any atom is -0.343 e. The van der Waals surface area contributed by atoms with Crippen molar-refractivity contribution >= 4 is 0 Å². The Morgan fingerprint density at radius 1 is 1.00 bits per heavy atom. The smallest absolute Gasteiger partial charge is 0.157 e. The summed E-state index contributed by atoms with van der Waals surface area (Å²) in [6.07, 6.45) is 16.5. The van der Waals surface area contributed by atoms with Crippen molar-refractivity contribution in [3.63, 3.8) is 0 Å². The zero-order valence-electron chi connectivity index (χ0n) is 13.6. The maximum atomic E-state index is 4.59. The molecule has 1 atom stereocenters. The fourth-order valence-corrected chi connectivity index (χ4v) is 4.19. The van der Waals surface area contributed by atoms with Gasteiger partial charge in [-0.2, -0.15) is 0 Å². The van der Waals surface area contributed by atoms with E-state index in [1.165, 1.54) is 51.6 Å². The molecule has 0 bridgehead atoms. The molecule has 1 aliphatic heterocycles. The molecule has 2 aromatic heterocycles. The number of H-pyrrole nitrogens is 1. The Balaban J connectivity index is 1.43. The number of likely N-dealkylation sites (tertiary alicyclic amines) is 1. The van der Waals surface area contributed by atoms with Crippen LogP contribution in [0.2, 0.25) is 0 Å². The first kappa shape index (κ1) is 14.8. The quantitative estimate of drug-likeness (QED) is 0.943. The fraction of sp³-hybridized carbons (Fsp3) is 0.611. The molecule has 122 valence electrons. The summed E-state index contributed by atoms with van der Waals surface area (Å²) in [6.45, 7) is 2.48. The molecule has 5 heteroatoms. The second-order valence-electron chi connectivity index (χ2n) is 6.94. The van der Waals surface area contributed by atoms with Crippen molar-refractivity contribution in [1.82, 2.24) is 24.8 Å². The molecule has 0 radical (unpaired) electrons. The van der Waals surface area contributed by atoms with Gasteiger partial charge in [0.05, 0.1) is 5.69 Å². The van der Waals surface area contributed by atoms with Gasteiger partial charge in [-0.3, -0.25) is 4.98 Å². The summed E-state index contributed by atoms with van der Waals surface area (Å²) in [4.78, 5) is 19.3. The van der Waals surface area contributed by atoms with Crippen LogP contribution in [0.15, 0.2) is 24.8 Å². The first-order valence-electron chi connectivity index (χ1n) is 8.94. The molecule has 1 N–H and O–H groups in total. The van der Waals surface area contributed by atoms with E-state index < -0.39 is 0 Å². The largest absolute Gasteiger partial charge is 0.343 e. The van der Waals surface area contributed by atoms with Gasteiger partial charge in [-0.05, 0) is 38.1 Å². The molecule has 0 amide bonds. The molecule has 23 heavy (non-hydrogen) atoms. The molecule has 2 aliphatic rings. The number of imidazole rings is 1. The first-order chi connectivity index (χ1) is 11.4.